The predicted octanol–water partition coefficient (Wildman–Crippen LogP) is 1.22. The van der Waals surface area contributed by atoms with Gasteiger partial charge in [-0.3, -0.25) is 9.59 Å². The molecule has 1 amide bonds. The fourth-order valence-corrected chi connectivity index (χ4v) is 3.19. The van der Waals surface area contributed by atoms with Gasteiger partial charge in [-0.2, -0.15) is 5.10 Å². The average molecular weight is 340 g/mol. The molecule has 0 radical (unpaired) electrons. The van der Waals surface area contributed by atoms with Gasteiger partial charge in [0.05, 0.1) is 0 Å². The summed E-state index contributed by atoms with van der Waals surface area (Å²) in [4.78, 5) is 26.1. The number of likely N-dealkylation sites (tertiary alicyclic amines) is 1. The first kappa shape index (κ1) is 17.4. The molecular formula is C19H24N4O2. The lowest BCUT2D eigenvalue weighted by molar-refractivity contribution is 0.0897. The summed E-state index contributed by atoms with van der Waals surface area (Å²) < 4.78 is 1.18. The lowest BCUT2D eigenvalue weighted by Gasteiger charge is -2.33. The van der Waals surface area contributed by atoms with Gasteiger partial charge in [0.25, 0.3) is 11.5 Å². The highest BCUT2D eigenvalue weighted by atomic mass is 16.2. The zero-order valence-corrected chi connectivity index (χ0v) is 14.5. The minimum Gasteiger partial charge on any atom is -0.347 e. The highest BCUT2D eigenvalue weighted by Gasteiger charge is 2.22. The van der Waals surface area contributed by atoms with Crippen LogP contribution in [0, 0.1) is 0 Å². The summed E-state index contributed by atoms with van der Waals surface area (Å²) >= 11 is 0. The van der Waals surface area contributed by atoms with E-state index in [2.05, 4.69) is 39.6 Å². The van der Waals surface area contributed by atoms with Crippen LogP contribution in [0.1, 0.15) is 28.9 Å². The topological polar surface area (TPSA) is 67.2 Å². The Balaban J connectivity index is 1.53. The van der Waals surface area contributed by atoms with Crippen LogP contribution >= 0.6 is 0 Å². The lowest BCUT2D eigenvalue weighted by Crippen LogP contribution is -2.48. The van der Waals surface area contributed by atoms with Crippen LogP contribution in [0.3, 0.4) is 0 Å². The standard InChI is InChI=1S/C19H24N4O2/c1-22-18(24)10-9-17(21-22)19(25)20-16-8-5-12-23(14-16)13-11-15-6-3-2-4-7-15/h2-4,6-7,9-10,16H,5,8,11-14H2,1H3,(H,20,25)/t16-/m0/s1. The Hall–Kier alpha value is -2.47. The molecule has 1 aliphatic rings. The van der Waals surface area contributed by atoms with Crippen LogP contribution in [-0.4, -0.2) is 46.3 Å². The zero-order valence-electron chi connectivity index (χ0n) is 14.5. The summed E-state index contributed by atoms with van der Waals surface area (Å²) in [6.45, 7) is 2.91. The molecule has 0 bridgehead atoms. The van der Waals surface area contributed by atoms with Crippen molar-refractivity contribution in [2.45, 2.75) is 25.3 Å². The van der Waals surface area contributed by atoms with Gasteiger partial charge in [0.1, 0.15) is 5.69 Å². The fraction of sp³-hybridized carbons (Fsp3) is 0.421. The van der Waals surface area contributed by atoms with Gasteiger partial charge in [-0.05, 0) is 37.4 Å². The minimum absolute atomic E-state index is 0.121. The lowest BCUT2D eigenvalue weighted by atomic mass is 10.0. The summed E-state index contributed by atoms with van der Waals surface area (Å²) in [5, 5.41) is 7.06. The van der Waals surface area contributed by atoms with Crippen molar-refractivity contribution in [1.82, 2.24) is 20.0 Å². The molecule has 3 rings (SSSR count). The molecule has 1 fully saturated rings. The maximum Gasteiger partial charge on any atom is 0.271 e. The molecule has 6 nitrogen and oxygen atoms in total. The van der Waals surface area contributed by atoms with Crippen LogP contribution in [0.2, 0.25) is 0 Å². The zero-order chi connectivity index (χ0) is 17.6. The van der Waals surface area contributed by atoms with Crippen LogP contribution in [-0.2, 0) is 13.5 Å². The number of rotatable bonds is 5. The number of carbonyl (C=O) groups excluding carboxylic acids is 1. The number of amides is 1. The van der Waals surface area contributed by atoms with Gasteiger partial charge in [0, 0.05) is 32.2 Å². The van der Waals surface area contributed by atoms with Crippen molar-refractivity contribution in [1.29, 1.82) is 0 Å². The Morgan fingerprint density at radius 3 is 2.80 bits per heavy atom. The number of hydrogen-bond acceptors (Lipinski definition) is 4. The second-order valence-corrected chi connectivity index (χ2v) is 6.53. The molecule has 1 saturated heterocycles. The van der Waals surface area contributed by atoms with Gasteiger partial charge in [-0.25, -0.2) is 4.68 Å². The number of aryl methyl sites for hydroxylation is 1. The van der Waals surface area contributed by atoms with Gasteiger partial charge in [-0.1, -0.05) is 30.3 Å². The largest absolute Gasteiger partial charge is 0.347 e. The van der Waals surface area contributed by atoms with E-state index in [1.165, 1.54) is 22.4 Å². The molecule has 1 aliphatic heterocycles. The van der Waals surface area contributed by atoms with Gasteiger partial charge < -0.3 is 10.2 Å². The highest BCUT2D eigenvalue weighted by molar-refractivity contribution is 5.92. The fourth-order valence-electron chi connectivity index (χ4n) is 3.19. The van der Waals surface area contributed by atoms with Gasteiger partial charge >= 0.3 is 0 Å². The second kappa shape index (κ2) is 8.07. The molecule has 0 spiro atoms. The number of nitrogens with zero attached hydrogens (tertiary/aromatic N) is 3. The molecule has 6 heteroatoms. The first-order valence-electron chi connectivity index (χ1n) is 8.73. The van der Waals surface area contributed by atoms with Crippen molar-refractivity contribution < 1.29 is 4.79 Å². The predicted molar refractivity (Wildman–Crippen MR) is 96.6 cm³/mol. The van der Waals surface area contributed by atoms with Gasteiger partial charge in [0.15, 0.2) is 0 Å². The third-order valence-corrected chi connectivity index (χ3v) is 4.59. The van der Waals surface area contributed by atoms with Crippen LogP contribution in [0.25, 0.3) is 0 Å². The summed E-state index contributed by atoms with van der Waals surface area (Å²) in [5.74, 6) is -0.217. The van der Waals surface area contributed by atoms with Crippen LogP contribution < -0.4 is 10.9 Å². The molecule has 132 valence electrons. The monoisotopic (exact) mass is 340 g/mol. The van der Waals surface area contributed by atoms with E-state index >= 15 is 0 Å². The molecule has 2 aromatic rings. The van der Waals surface area contributed by atoms with E-state index in [-0.39, 0.29) is 23.2 Å². The third kappa shape index (κ3) is 4.76. The second-order valence-electron chi connectivity index (χ2n) is 6.53. The normalized spacial score (nSPS) is 18.0. The summed E-state index contributed by atoms with van der Waals surface area (Å²) in [6.07, 6.45) is 3.06. The number of aromatic nitrogens is 2. The van der Waals surface area contributed by atoms with E-state index in [1.54, 1.807) is 7.05 Å². The minimum atomic E-state index is -0.221. The molecule has 0 aliphatic carbocycles. The van der Waals surface area contributed by atoms with Crippen LogP contribution in [0.15, 0.2) is 47.3 Å². The molecule has 1 aromatic carbocycles. The Kier molecular flexibility index (Phi) is 5.60. The average Bonchev–Trinajstić information content (AvgIpc) is 2.63. The van der Waals surface area contributed by atoms with Crippen LogP contribution in [0.5, 0.6) is 0 Å². The number of nitrogens with one attached hydrogen (secondary N) is 1. The molecule has 0 saturated carbocycles. The smallest absolute Gasteiger partial charge is 0.271 e. The van der Waals surface area contributed by atoms with Crippen molar-refractivity contribution >= 4 is 5.91 Å². The van der Waals surface area contributed by atoms with Crippen molar-refractivity contribution in [3.63, 3.8) is 0 Å². The van der Waals surface area contributed by atoms with E-state index in [0.29, 0.717) is 0 Å². The molecule has 1 N–H and O–H groups in total. The maximum absolute atomic E-state index is 12.4. The number of piperidine rings is 1. The van der Waals surface area contributed by atoms with Crippen molar-refractivity contribution in [2.75, 3.05) is 19.6 Å². The van der Waals surface area contributed by atoms with E-state index < -0.39 is 0 Å². The number of benzene rings is 1. The Morgan fingerprint density at radius 2 is 2.04 bits per heavy atom. The summed E-state index contributed by atoms with van der Waals surface area (Å²) in [6, 6.07) is 13.4. The molecule has 1 aromatic heterocycles. The first-order valence-corrected chi connectivity index (χ1v) is 8.73. The summed E-state index contributed by atoms with van der Waals surface area (Å²) in [7, 11) is 1.55. The highest BCUT2D eigenvalue weighted by Crippen LogP contribution is 2.12. The Labute approximate surface area is 147 Å². The van der Waals surface area contributed by atoms with Crippen LogP contribution in [0.4, 0.5) is 0 Å². The molecule has 25 heavy (non-hydrogen) atoms. The first-order chi connectivity index (χ1) is 12.1. The molecular weight excluding hydrogens is 316 g/mol. The molecule has 1 atom stereocenters. The number of hydrogen-bond donors (Lipinski definition) is 1. The van der Waals surface area contributed by atoms with E-state index in [0.717, 1.165) is 38.9 Å². The molecule has 2 heterocycles. The van der Waals surface area contributed by atoms with E-state index in [4.69, 9.17) is 0 Å². The quantitative estimate of drug-likeness (QED) is 0.889. The maximum atomic E-state index is 12.4. The van der Waals surface area contributed by atoms with Gasteiger partial charge in [-0.15, -0.1) is 0 Å². The van der Waals surface area contributed by atoms with E-state index in [9.17, 15) is 9.59 Å². The third-order valence-electron chi connectivity index (χ3n) is 4.59. The van der Waals surface area contributed by atoms with Crippen molar-refractivity contribution in [3.05, 3.63) is 64.1 Å². The van der Waals surface area contributed by atoms with Crippen molar-refractivity contribution in [2.24, 2.45) is 7.05 Å². The summed E-state index contributed by atoms with van der Waals surface area (Å²) in [5.41, 5.74) is 1.40. The van der Waals surface area contributed by atoms with Gasteiger partial charge in [0.2, 0.25) is 0 Å². The SMILES string of the molecule is Cn1nc(C(=O)N[C@H]2CCCN(CCc3ccccc3)C2)ccc1=O. The van der Waals surface area contributed by atoms with E-state index in [1.807, 2.05) is 6.07 Å². The molecule has 0 unspecified atom stereocenters. The Bertz CT molecular complexity index is 772. The number of carbonyl (C=O) groups is 1. The van der Waals surface area contributed by atoms with Crippen molar-refractivity contribution in [3.8, 4) is 0 Å². The Morgan fingerprint density at radius 1 is 1.24 bits per heavy atom.